The maximum atomic E-state index is 14.3. The highest BCUT2D eigenvalue weighted by molar-refractivity contribution is 5.75. The van der Waals surface area contributed by atoms with Gasteiger partial charge < -0.3 is 9.72 Å². The molecule has 0 saturated heterocycles. The Balaban J connectivity index is 2.20. The van der Waals surface area contributed by atoms with Gasteiger partial charge in [-0.3, -0.25) is 4.79 Å². The lowest BCUT2D eigenvalue weighted by molar-refractivity contribution is -0.0213. The number of methoxy groups -OCH3 is 1. The van der Waals surface area contributed by atoms with Gasteiger partial charge in [-0.25, -0.2) is 4.98 Å². The van der Waals surface area contributed by atoms with Crippen LogP contribution in [0.3, 0.4) is 0 Å². The second kappa shape index (κ2) is 7.53. The number of hydrogen-bond acceptors (Lipinski definition) is 3. The van der Waals surface area contributed by atoms with Gasteiger partial charge in [0.2, 0.25) is 0 Å². The van der Waals surface area contributed by atoms with Crippen LogP contribution in [0.5, 0.6) is 5.75 Å². The number of aromatic amines is 1. The highest BCUT2D eigenvalue weighted by atomic mass is 19.3. The minimum absolute atomic E-state index is 0.325. The summed E-state index contributed by atoms with van der Waals surface area (Å²) < 4.78 is 33.6. The molecule has 0 atom stereocenters. The van der Waals surface area contributed by atoms with Crippen LogP contribution in [-0.4, -0.2) is 17.1 Å². The Bertz CT molecular complexity index is 713. The molecule has 1 heterocycles. The maximum absolute atomic E-state index is 14.3. The van der Waals surface area contributed by atoms with E-state index in [1.165, 1.54) is 7.11 Å². The lowest BCUT2D eigenvalue weighted by Crippen LogP contribution is -2.27. The largest absolute Gasteiger partial charge is 0.497 e. The minimum atomic E-state index is -3.21. The van der Waals surface area contributed by atoms with Crippen molar-refractivity contribution in [1.29, 1.82) is 0 Å². The molecule has 126 valence electrons. The number of nitrogens with zero attached hydrogens (tertiary/aromatic N) is 1. The number of rotatable bonds is 8. The van der Waals surface area contributed by atoms with E-state index in [9.17, 15) is 13.6 Å². The molecule has 0 radical (unpaired) electrons. The van der Waals surface area contributed by atoms with Crippen LogP contribution in [0.2, 0.25) is 0 Å². The fourth-order valence-electron chi connectivity index (χ4n) is 2.51. The zero-order valence-corrected chi connectivity index (χ0v) is 13.5. The SMILES string of the molecule is CCCCCCCC(F)(F)c1nc2ccc(OC)cc2[nH]c1=O. The van der Waals surface area contributed by atoms with Crippen molar-refractivity contribution >= 4 is 11.0 Å². The maximum Gasteiger partial charge on any atom is 0.295 e. The molecule has 2 aromatic rings. The van der Waals surface area contributed by atoms with Crippen molar-refractivity contribution in [2.24, 2.45) is 0 Å². The van der Waals surface area contributed by atoms with E-state index in [4.69, 9.17) is 4.74 Å². The first-order valence-corrected chi connectivity index (χ1v) is 7.94. The van der Waals surface area contributed by atoms with Gasteiger partial charge in [0.25, 0.3) is 11.5 Å². The summed E-state index contributed by atoms with van der Waals surface area (Å²) in [6.07, 6.45) is 3.82. The zero-order valence-electron chi connectivity index (χ0n) is 13.5. The van der Waals surface area contributed by atoms with Crippen molar-refractivity contribution in [3.8, 4) is 5.75 Å². The molecule has 0 saturated carbocycles. The molecule has 2 rings (SSSR count). The van der Waals surface area contributed by atoms with E-state index in [0.717, 1.165) is 25.7 Å². The Labute approximate surface area is 133 Å². The summed E-state index contributed by atoms with van der Waals surface area (Å²) in [7, 11) is 1.49. The first kappa shape index (κ1) is 17.4. The molecule has 1 aromatic carbocycles. The molecule has 0 spiro atoms. The fourth-order valence-corrected chi connectivity index (χ4v) is 2.51. The number of fused-ring (bicyclic) bond motifs is 1. The van der Waals surface area contributed by atoms with E-state index in [2.05, 4.69) is 16.9 Å². The van der Waals surface area contributed by atoms with Gasteiger partial charge in [-0.2, -0.15) is 8.78 Å². The molecule has 1 aromatic heterocycles. The minimum Gasteiger partial charge on any atom is -0.497 e. The lowest BCUT2D eigenvalue weighted by Gasteiger charge is -2.15. The Morgan fingerprint density at radius 3 is 2.65 bits per heavy atom. The van der Waals surface area contributed by atoms with Crippen LogP contribution in [0, 0.1) is 0 Å². The average molecular weight is 324 g/mol. The number of H-pyrrole nitrogens is 1. The van der Waals surface area contributed by atoms with Gasteiger partial charge in [-0.15, -0.1) is 0 Å². The Kier molecular flexibility index (Phi) is 5.69. The van der Waals surface area contributed by atoms with Gasteiger partial charge in [0.05, 0.1) is 18.1 Å². The van der Waals surface area contributed by atoms with E-state index in [1.807, 2.05) is 0 Å². The summed E-state index contributed by atoms with van der Waals surface area (Å²) in [5.41, 5.74) is -0.835. The van der Waals surface area contributed by atoms with Crippen LogP contribution in [0.25, 0.3) is 11.0 Å². The van der Waals surface area contributed by atoms with E-state index >= 15 is 0 Å². The second-order valence-electron chi connectivity index (χ2n) is 5.67. The third-order valence-corrected chi connectivity index (χ3v) is 3.84. The highest BCUT2D eigenvalue weighted by Gasteiger charge is 2.35. The van der Waals surface area contributed by atoms with E-state index in [0.29, 0.717) is 23.2 Å². The van der Waals surface area contributed by atoms with Gasteiger partial charge in [-0.05, 0) is 18.6 Å². The monoisotopic (exact) mass is 324 g/mol. The van der Waals surface area contributed by atoms with Gasteiger partial charge in [-0.1, -0.05) is 32.6 Å². The molecular weight excluding hydrogens is 302 g/mol. The summed E-state index contributed by atoms with van der Waals surface area (Å²) >= 11 is 0. The smallest absolute Gasteiger partial charge is 0.295 e. The van der Waals surface area contributed by atoms with Gasteiger partial charge in [0, 0.05) is 12.5 Å². The Morgan fingerprint density at radius 2 is 1.96 bits per heavy atom. The van der Waals surface area contributed by atoms with Crippen molar-refractivity contribution < 1.29 is 13.5 Å². The summed E-state index contributed by atoms with van der Waals surface area (Å²) in [5, 5.41) is 0. The van der Waals surface area contributed by atoms with Gasteiger partial charge in [0.15, 0.2) is 5.69 Å². The van der Waals surface area contributed by atoms with Crippen molar-refractivity contribution in [1.82, 2.24) is 9.97 Å². The number of halogens is 2. The van der Waals surface area contributed by atoms with Crippen LogP contribution >= 0.6 is 0 Å². The van der Waals surface area contributed by atoms with Gasteiger partial charge in [0.1, 0.15) is 5.75 Å². The van der Waals surface area contributed by atoms with Crippen LogP contribution in [-0.2, 0) is 5.92 Å². The van der Waals surface area contributed by atoms with Crippen molar-refractivity contribution in [2.75, 3.05) is 7.11 Å². The summed E-state index contributed by atoms with van der Waals surface area (Å²) in [6.45, 7) is 2.07. The molecule has 0 bridgehead atoms. The second-order valence-corrected chi connectivity index (χ2v) is 5.67. The van der Waals surface area contributed by atoms with Crippen LogP contribution in [0.1, 0.15) is 51.1 Å². The predicted octanol–water partition coefficient (Wildman–Crippen LogP) is 4.38. The molecule has 0 amide bonds. The average Bonchev–Trinajstić information content (AvgIpc) is 2.53. The number of alkyl halides is 2. The number of unbranched alkanes of at least 4 members (excludes halogenated alkanes) is 4. The van der Waals surface area contributed by atoms with Crippen molar-refractivity contribution in [3.05, 3.63) is 34.2 Å². The quantitative estimate of drug-likeness (QED) is 0.733. The molecule has 4 nitrogen and oxygen atoms in total. The summed E-state index contributed by atoms with van der Waals surface area (Å²) in [5.74, 6) is -2.68. The van der Waals surface area contributed by atoms with Crippen LogP contribution in [0.15, 0.2) is 23.0 Å². The standard InChI is InChI=1S/C17H22F2N2O2/c1-3-4-5-6-7-10-17(18,19)15-16(22)21-14-11-12(23-2)8-9-13(14)20-15/h8-9,11H,3-7,10H2,1-2H3,(H,21,22). The normalized spacial score (nSPS) is 11.8. The molecule has 1 N–H and O–H groups in total. The zero-order chi connectivity index (χ0) is 16.9. The molecular formula is C17H22F2N2O2. The molecule has 0 aliphatic rings. The van der Waals surface area contributed by atoms with Crippen LogP contribution < -0.4 is 10.3 Å². The number of ether oxygens (including phenoxy) is 1. The third kappa shape index (κ3) is 4.27. The molecule has 0 unspecified atom stereocenters. The number of hydrogen-bond donors (Lipinski definition) is 1. The number of benzene rings is 1. The molecule has 0 aliphatic heterocycles. The van der Waals surface area contributed by atoms with Crippen LogP contribution in [0.4, 0.5) is 8.78 Å². The number of nitrogens with one attached hydrogen (secondary N) is 1. The van der Waals surface area contributed by atoms with Gasteiger partial charge >= 0.3 is 0 Å². The van der Waals surface area contributed by atoms with E-state index < -0.39 is 17.2 Å². The Hall–Kier alpha value is -1.98. The van der Waals surface area contributed by atoms with E-state index in [1.54, 1.807) is 18.2 Å². The molecule has 0 fully saturated rings. The van der Waals surface area contributed by atoms with E-state index in [-0.39, 0.29) is 6.42 Å². The van der Waals surface area contributed by atoms with Crippen molar-refractivity contribution in [2.45, 2.75) is 51.4 Å². The number of aromatic nitrogens is 2. The predicted molar refractivity (Wildman–Crippen MR) is 86.2 cm³/mol. The summed E-state index contributed by atoms with van der Waals surface area (Å²) in [4.78, 5) is 18.3. The fraction of sp³-hybridized carbons (Fsp3) is 0.529. The molecule has 0 aliphatic carbocycles. The molecule has 23 heavy (non-hydrogen) atoms. The molecule has 6 heteroatoms. The topological polar surface area (TPSA) is 55.0 Å². The lowest BCUT2D eigenvalue weighted by atomic mass is 10.1. The van der Waals surface area contributed by atoms with Crippen molar-refractivity contribution in [3.63, 3.8) is 0 Å². The Morgan fingerprint density at radius 1 is 1.22 bits per heavy atom. The first-order valence-electron chi connectivity index (χ1n) is 7.94. The highest BCUT2D eigenvalue weighted by Crippen LogP contribution is 2.31. The summed E-state index contributed by atoms with van der Waals surface area (Å²) in [6, 6.07) is 4.75. The third-order valence-electron chi connectivity index (χ3n) is 3.84. The first-order chi connectivity index (χ1) is 11.0.